The van der Waals surface area contributed by atoms with E-state index in [0.29, 0.717) is 6.04 Å². The minimum atomic E-state index is 0. The van der Waals surface area contributed by atoms with Gasteiger partial charge in [0.1, 0.15) is 0 Å². The molecule has 1 atom stereocenters. The topological polar surface area (TPSA) is 15.3 Å². The summed E-state index contributed by atoms with van der Waals surface area (Å²) in [5.74, 6) is 0.835. The highest BCUT2D eigenvalue weighted by atomic mass is 35.5. The van der Waals surface area contributed by atoms with E-state index in [1.165, 1.54) is 50.1 Å². The predicted molar refractivity (Wildman–Crippen MR) is 97.6 cm³/mol. The molecule has 1 aromatic rings. The zero-order chi connectivity index (χ0) is 13.1. The van der Waals surface area contributed by atoms with Gasteiger partial charge in [-0.15, -0.1) is 36.2 Å². The highest BCUT2D eigenvalue weighted by molar-refractivity contribution is 7.16. The molecular formula is C15H25Cl3N2S. The second-order valence-corrected chi connectivity index (χ2v) is 7.52. The van der Waals surface area contributed by atoms with Crippen LogP contribution in [0.2, 0.25) is 4.34 Å². The van der Waals surface area contributed by atoms with E-state index in [4.69, 9.17) is 11.6 Å². The molecule has 6 heteroatoms. The van der Waals surface area contributed by atoms with Crippen molar-refractivity contribution >= 4 is 47.8 Å². The predicted octanol–water partition coefficient (Wildman–Crippen LogP) is 4.77. The molecule has 3 rings (SSSR count). The van der Waals surface area contributed by atoms with Gasteiger partial charge in [-0.3, -0.25) is 4.90 Å². The number of rotatable bonds is 3. The Morgan fingerprint density at radius 1 is 1.10 bits per heavy atom. The summed E-state index contributed by atoms with van der Waals surface area (Å²) in [5.41, 5.74) is 0. The molecule has 1 aliphatic heterocycles. The fraction of sp³-hybridized carbons (Fsp3) is 0.733. The van der Waals surface area contributed by atoms with Gasteiger partial charge in [-0.1, -0.05) is 30.9 Å². The van der Waals surface area contributed by atoms with E-state index in [-0.39, 0.29) is 24.8 Å². The van der Waals surface area contributed by atoms with Crippen molar-refractivity contribution in [3.05, 3.63) is 21.3 Å². The van der Waals surface area contributed by atoms with Gasteiger partial charge in [0, 0.05) is 37.1 Å². The second kappa shape index (κ2) is 9.59. The Balaban J connectivity index is 0.00000110. The molecule has 1 N–H and O–H groups in total. The first kappa shape index (κ1) is 19.5. The van der Waals surface area contributed by atoms with E-state index < -0.39 is 0 Å². The van der Waals surface area contributed by atoms with Crippen LogP contribution in [-0.2, 0) is 0 Å². The quantitative estimate of drug-likeness (QED) is 0.823. The number of hydrogen-bond acceptors (Lipinski definition) is 3. The van der Waals surface area contributed by atoms with Gasteiger partial charge in [0.05, 0.1) is 4.34 Å². The molecule has 122 valence electrons. The number of halogens is 3. The largest absolute Gasteiger partial charge is 0.314 e. The van der Waals surface area contributed by atoms with Crippen molar-refractivity contribution in [3.8, 4) is 0 Å². The van der Waals surface area contributed by atoms with Crippen LogP contribution in [0.4, 0.5) is 0 Å². The van der Waals surface area contributed by atoms with Crippen molar-refractivity contribution in [2.45, 2.75) is 38.1 Å². The summed E-state index contributed by atoms with van der Waals surface area (Å²) in [6.07, 6.45) is 7.03. The van der Waals surface area contributed by atoms with Gasteiger partial charge in [-0.05, 0) is 30.9 Å². The summed E-state index contributed by atoms with van der Waals surface area (Å²) in [6.45, 7) is 4.61. The molecule has 0 aromatic carbocycles. The van der Waals surface area contributed by atoms with Gasteiger partial charge >= 0.3 is 0 Å². The van der Waals surface area contributed by atoms with Crippen LogP contribution >= 0.6 is 47.8 Å². The summed E-state index contributed by atoms with van der Waals surface area (Å²) in [6, 6.07) is 4.94. The molecule has 21 heavy (non-hydrogen) atoms. The van der Waals surface area contributed by atoms with E-state index >= 15 is 0 Å². The van der Waals surface area contributed by atoms with E-state index in [1.807, 2.05) is 0 Å². The summed E-state index contributed by atoms with van der Waals surface area (Å²) >= 11 is 7.96. The Labute approximate surface area is 149 Å². The third kappa shape index (κ3) is 4.98. The smallest absolute Gasteiger partial charge is 0.0931 e. The van der Waals surface area contributed by atoms with E-state index in [1.54, 1.807) is 11.3 Å². The Hall–Kier alpha value is 0.490. The molecule has 1 saturated heterocycles. The van der Waals surface area contributed by atoms with Crippen LogP contribution in [0.3, 0.4) is 0 Å². The molecule has 1 aromatic heterocycles. The molecule has 0 unspecified atom stereocenters. The highest BCUT2D eigenvalue weighted by Crippen LogP contribution is 2.41. The third-order valence-electron chi connectivity index (χ3n) is 4.53. The lowest BCUT2D eigenvalue weighted by Crippen LogP contribution is -2.47. The fourth-order valence-electron chi connectivity index (χ4n) is 3.61. The van der Waals surface area contributed by atoms with Gasteiger partial charge in [-0.2, -0.15) is 0 Å². The van der Waals surface area contributed by atoms with Crippen LogP contribution in [0, 0.1) is 5.92 Å². The molecule has 1 aliphatic carbocycles. The zero-order valence-corrected chi connectivity index (χ0v) is 15.4. The standard InChI is InChI=1S/C15H23ClN2S.2ClH/c16-14-7-6-13(19-14)15(12-4-2-1-3-5-12)18-10-8-17-9-11-18;;/h6-7,12,15,17H,1-5,8-11H2;2*1H/t15-;;/m1../s1. The maximum absolute atomic E-state index is 6.17. The first-order chi connectivity index (χ1) is 9.34. The maximum atomic E-state index is 6.17. The molecule has 2 heterocycles. The lowest BCUT2D eigenvalue weighted by molar-refractivity contribution is 0.106. The number of nitrogens with zero attached hydrogens (tertiary/aromatic N) is 1. The Morgan fingerprint density at radius 2 is 1.76 bits per heavy atom. The van der Waals surface area contributed by atoms with Gasteiger partial charge in [-0.25, -0.2) is 0 Å². The minimum Gasteiger partial charge on any atom is -0.314 e. The Kier molecular flexibility index (Phi) is 8.92. The lowest BCUT2D eigenvalue weighted by Gasteiger charge is -2.40. The van der Waals surface area contributed by atoms with Crippen molar-refractivity contribution in [3.63, 3.8) is 0 Å². The summed E-state index contributed by atoms with van der Waals surface area (Å²) in [4.78, 5) is 4.17. The van der Waals surface area contributed by atoms with Crippen LogP contribution < -0.4 is 5.32 Å². The van der Waals surface area contributed by atoms with Crippen molar-refractivity contribution in [1.82, 2.24) is 10.2 Å². The number of hydrogen-bond donors (Lipinski definition) is 1. The first-order valence-corrected chi connectivity index (χ1v) is 8.74. The van der Waals surface area contributed by atoms with Crippen molar-refractivity contribution in [2.24, 2.45) is 5.92 Å². The molecule has 0 amide bonds. The van der Waals surface area contributed by atoms with Gasteiger partial charge in [0.2, 0.25) is 0 Å². The average molecular weight is 372 g/mol. The summed E-state index contributed by atoms with van der Waals surface area (Å²) in [5, 5.41) is 3.46. The Morgan fingerprint density at radius 3 is 2.33 bits per heavy atom. The van der Waals surface area contributed by atoms with Crippen molar-refractivity contribution in [2.75, 3.05) is 26.2 Å². The SMILES string of the molecule is Cl.Cl.Clc1ccc([C@@H](C2CCCCC2)N2CCNCC2)s1. The fourth-order valence-corrected chi connectivity index (χ4v) is 4.90. The van der Waals surface area contributed by atoms with Crippen LogP contribution in [0.25, 0.3) is 0 Å². The normalized spacial score (nSPS) is 22.1. The number of thiophene rings is 1. The van der Waals surface area contributed by atoms with Crippen molar-refractivity contribution in [1.29, 1.82) is 0 Å². The van der Waals surface area contributed by atoms with Gasteiger partial charge in [0.25, 0.3) is 0 Å². The van der Waals surface area contributed by atoms with E-state index in [0.717, 1.165) is 23.3 Å². The first-order valence-electron chi connectivity index (χ1n) is 7.54. The number of piperazine rings is 1. The maximum Gasteiger partial charge on any atom is 0.0931 e. The molecule has 0 spiro atoms. The number of nitrogens with one attached hydrogen (secondary N) is 1. The highest BCUT2D eigenvalue weighted by Gasteiger charge is 2.31. The van der Waals surface area contributed by atoms with E-state index in [2.05, 4.69) is 22.3 Å². The Bertz CT molecular complexity index is 383. The van der Waals surface area contributed by atoms with Crippen LogP contribution in [-0.4, -0.2) is 31.1 Å². The van der Waals surface area contributed by atoms with Gasteiger partial charge < -0.3 is 5.32 Å². The van der Waals surface area contributed by atoms with Gasteiger partial charge in [0.15, 0.2) is 0 Å². The molecule has 2 nitrogen and oxygen atoms in total. The zero-order valence-electron chi connectivity index (χ0n) is 12.2. The molecule has 1 saturated carbocycles. The minimum absolute atomic E-state index is 0. The molecule has 0 bridgehead atoms. The molecular weight excluding hydrogens is 347 g/mol. The summed E-state index contributed by atoms with van der Waals surface area (Å²) in [7, 11) is 0. The van der Waals surface area contributed by atoms with E-state index in [9.17, 15) is 0 Å². The van der Waals surface area contributed by atoms with Crippen molar-refractivity contribution < 1.29 is 0 Å². The molecule has 0 radical (unpaired) electrons. The van der Waals surface area contributed by atoms with Crippen LogP contribution in [0.5, 0.6) is 0 Å². The average Bonchev–Trinajstić information content (AvgIpc) is 2.88. The lowest BCUT2D eigenvalue weighted by atomic mass is 9.82. The third-order valence-corrected chi connectivity index (χ3v) is 5.83. The molecule has 2 fully saturated rings. The second-order valence-electron chi connectivity index (χ2n) is 5.77. The van der Waals surface area contributed by atoms with Crippen LogP contribution in [0.1, 0.15) is 43.0 Å². The molecule has 2 aliphatic rings. The summed E-state index contributed by atoms with van der Waals surface area (Å²) < 4.78 is 0.936. The monoisotopic (exact) mass is 370 g/mol. The van der Waals surface area contributed by atoms with Crippen LogP contribution in [0.15, 0.2) is 12.1 Å².